The van der Waals surface area contributed by atoms with E-state index in [4.69, 9.17) is 11.5 Å². The van der Waals surface area contributed by atoms with Gasteiger partial charge in [0.1, 0.15) is 17.5 Å². The van der Waals surface area contributed by atoms with Gasteiger partial charge in [0.15, 0.2) is 0 Å². The van der Waals surface area contributed by atoms with E-state index in [1.54, 1.807) is 60.8 Å². The molecule has 0 unspecified atom stereocenters. The third kappa shape index (κ3) is 6.57. The van der Waals surface area contributed by atoms with Crippen molar-refractivity contribution < 1.29 is 29.4 Å². The third-order valence-electron chi connectivity index (χ3n) is 7.20. The van der Waals surface area contributed by atoms with Crippen LogP contribution in [0.5, 0.6) is 0 Å². The molecule has 5 rings (SSSR count). The highest BCUT2D eigenvalue weighted by Gasteiger charge is 2.22. The number of nitrogen functional groups attached to an aromatic ring is 2. The second-order valence-corrected chi connectivity index (χ2v) is 10.2. The fourth-order valence-electron chi connectivity index (χ4n) is 5.00. The van der Waals surface area contributed by atoms with Crippen LogP contribution >= 0.6 is 0 Å². The minimum absolute atomic E-state index is 0.0305. The number of nitrogens with one attached hydrogen (secondary N) is 3. The summed E-state index contributed by atoms with van der Waals surface area (Å²) in [5.41, 5.74) is 14.7. The lowest BCUT2D eigenvalue weighted by Crippen LogP contribution is -2.41. The number of rotatable bonds is 11. The largest absolute Gasteiger partial charge is 0.480 e. The molecule has 0 spiro atoms. The number of fused-ring (bicyclic) bond motifs is 2. The molecule has 2 amide bonds. The van der Waals surface area contributed by atoms with Crippen molar-refractivity contribution in [1.82, 2.24) is 20.3 Å². The minimum atomic E-state index is -1.32. The number of aromatic carboxylic acids is 1. The number of nitrogens with two attached hydrogens (primary N) is 2. The number of hydrogen-bond donors (Lipinski definition) is 7. The Bertz CT molecular complexity index is 1900. The molecular weight excluding hydrogens is 566 g/mol. The molecule has 9 N–H and O–H groups in total. The number of aromatic nitrogens is 3. The topological polar surface area (TPSA) is 226 Å². The van der Waals surface area contributed by atoms with Crippen molar-refractivity contribution in [2.75, 3.05) is 16.8 Å². The van der Waals surface area contributed by atoms with Gasteiger partial charge in [-0.25, -0.2) is 9.59 Å². The number of aliphatic carboxylic acids is 1. The predicted octanol–water partition coefficient (Wildman–Crippen LogP) is 3.36. The number of carboxylic acids is 2. The van der Waals surface area contributed by atoms with E-state index in [9.17, 15) is 29.4 Å². The lowest BCUT2D eigenvalue weighted by Gasteiger charge is -2.15. The summed E-state index contributed by atoms with van der Waals surface area (Å²) in [6.07, 6.45) is 2.67. The highest BCUT2D eigenvalue weighted by molar-refractivity contribution is 6.06. The number of hydrogen-bond acceptors (Lipinski definition) is 8. The van der Waals surface area contributed by atoms with Crippen LogP contribution in [0.1, 0.15) is 44.7 Å². The van der Waals surface area contributed by atoms with Crippen LogP contribution in [0.2, 0.25) is 0 Å². The van der Waals surface area contributed by atoms with E-state index >= 15 is 0 Å². The zero-order valence-electron chi connectivity index (χ0n) is 23.3. The third-order valence-corrected chi connectivity index (χ3v) is 7.20. The fraction of sp³-hybridized carbons (Fsp3) is 0.161. The molecule has 0 aliphatic carbocycles. The Morgan fingerprint density at radius 3 is 2.41 bits per heavy atom. The van der Waals surface area contributed by atoms with Gasteiger partial charge in [-0.2, -0.15) is 9.97 Å². The highest BCUT2D eigenvalue weighted by atomic mass is 16.4. The summed E-state index contributed by atoms with van der Waals surface area (Å²) >= 11 is 0. The summed E-state index contributed by atoms with van der Waals surface area (Å²) in [6.45, 7) is 0. The highest BCUT2D eigenvalue weighted by Crippen LogP contribution is 2.25. The van der Waals surface area contributed by atoms with Gasteiger partial charge in [-0.1, -0.05) is 36.4 Å². The van der Waals surface area contributed by atoms with Gasteiger partial charge in [0.25, 0.3) is 5.91 Å². The molecule has 0 aliphatic heterocycles. The lowest BCUT2D eigenvalue weighted by atomic mass is 10.0. The second kappa shape index (κ2) is 12.5. The summed E-state index contributed by atoms with van der Waals surface area (Å²) in [5.74, 6) is -3.16. The Morgan fingerprint density at radius 2 is 1.68 bits per heavy atom. The number of amides is 2. The molecule has 13 heteroatoms. The Morgan fingerprint density at radius 1 is 0.932 bits per heavy atom. The fourth-order valence-corrected chi connectivity index (χ4v) is 5.00. The average Bonchev–Trinajstić information content (AvgIpc) is 3.40. The molecule has 2 aromatic heterocycles. The van der Waals surface area contributed by atoms with Crippen molar-refractivity contribution in [3.05, 3.63) is 89.1 Å². The van der Waals surface area contributed by atoms with Gasteiger partial charge in [-0.3, -0.25) is 9.59 Å². The van der Waals surface area contributed by atoms with Crippen molar-refractivity contribution >= 4 is 63.0 Å². The van der Waals surface area contributed by atoms with Crippen LogP contribution in [0.3, 0.4) is 0 Å². The lowest BCUT2D eigenvalue weighted by molar-refractivity contribution is -0.139. The van der Waals surface area contributed by atoms with Crippen molar-refractivity contribution in [2.45, 2.75) is 31.7 Å². The van der Waals surface area contributed by atoms with E-state index in [-0.39, 0.29) is 35.6 Å². The maximum absolute atomic E-state index is 12.8. The first-order chi connectivity index (χ1) is 21.1. The SMILES string of the molecule is Nc1nc(N)c2c(CCc3ccc(C(=O)N[C@@H](CCC(=O)Nc4cc(C(=O)O)c5ccccc5c4)C(=O)O)cc3)c[nH]c2n1. The number of nitrogens with zero attached hydrogens (tertiary/aromatic N) is 2. The van der Waals surface area contributed by atoms with Crippen LogP contribution in [0.4, 0.5) is 17.5 Å². The van der Waals surface area contributed by atoms with Crippen LogP contribution in [-0.4, -0.2) is 55.0 Å². The van der Waals surface area contributed by atoms with Crippen molar-refractivity contribution in [3.63, 3.8) is 0 Å². The number of carboxylic acid groups (broad SMARTS) is 2. The Hall–Kier alpha value is -5.98. The number of aromatic amines is 1. The molecule has 3 aromatic carbocycles. The number of aryl methyl sites for hydroxylation is 2. The zero-order chi connectivity index (χ0) is 31.4. The van der Waals surface area contributed by atoms with Gasteiger partial charge in [-0.15, -0.1) is 0 Å². The van der Waals surface area contributed by atoms with Crippen LogP contribution in [0.15, 0.2) is 66.9 Å². The maximum atomic E-state index is 12.8. The molecule has 0 radical (unpaired) electrons. The van der Waals surface area contributed by atoms with Gasteiger partial charge in [0.05, 0.1) is 10.9 Å². The molecule has 0 saturated heterocycles. The Kier molecular flexibility index (Phi) is 8.37. The smallest absolute Gasteiger partial charge is 0.336 e. The number of H-pyrrole nitrogens is 1. The first kappa shape index (κ1) is 29.5. The molecule has 0 saturated carbocycles. The van der Waals surface area contributed by atoms with Gasteiger partial charge in [0.2, 0.25) is 11.9 Å². The summed E-state index contributed by atoms with van der Waals surface area (Å²) < 4.78 is 0. The van der Waals surface area contributed by atoms with Gasteiger partial charge in [0, 0.05) is 23.9 Å². The quantitative estimate of drug-likeness (QED) is 0.118. The standard InChI is InChI=1S/C31H29N7O6/c32-26-25-19(15-34-27(25)38-31(33)37-26)10-7-16-5-8-17(9-6-16)28(40)36-23(30(43)44)11-12-24(39)35-20-13-18-3-1-2-4-21(18)22(14-20)29(41)42/h1-6,8-9,13-15,23H,7,10-12H2,(H,35,39)(H,36,40)(H,41,42)(H,43,44)(H5,32,33,34,37,38)/t23-/m0/s1. The maximum Gasteiger partial charge on any atom is 0.336 e. The molecule has 44 heavy (non-hydrogen) atoms. The van der Waals surface area contributed by atoms with Gasteiger partial charge < -0.3 is 37.3 Å². The van der Waals surface area contributed by atoms with E-state index in [2.05, 4.69) is 25.6 Å². The number of carbonyl (C=O) groups is 4. The number of anilines is 3. The monoisotopic (exact) mass is 595 g/mol. The molecule has 0 aliphatic rings. The second-order valence-electron chi connectivity index (χ2n) is 10.2. The summed E-state index contributed by atoms with van der Waals surface area (Å²) in [7, 11) is 0. The van der Waals surface area contributed by atoms with Gasteiger partial charge in [-0.05, 0) is 65.4 Å². The molecular formula is C31H29N7O6. The molecule has 2 heterocycles. The summed E-state index contributed by atoms with van der Waals surface area (Å²) in [4.78, 5) is 60.2. The molecule has 0 fully saturated rings. The number of benzene rings is 3. The van der Waals surface area contributed by atoms with E-state index in [0.717, 1.165) is 11.1 Å². The van der Waals surface area contributed by atoms with E-state index < -0.39 is 29.8 Å². The molecule has 1 atom stereocenters. The summed E-state index contributed by atoms with van der Waals surface area (Å²) in [5, 5.41) is 26.2. The van der Waals surface area contributed by atoms with Crippen LogP contribution in [0, 0.1) is 0 Å². The van der Waals surface area contributed by atoms with Crippen LogP contribution in [-0.2, 0) is 22.4 Å². The van der Waals surface area contributed by atoms with E-state index in [1.165, 1.54) is 6.07 Å². The van der Waals surface area contributed by atoms with Crippen LogP contribution < -0.4 is 22.1 Å². The molecule has 5 aromatic rings. The first-order valence-electron chi connectivity index (χ1n) is 13.7. The molecule has 13 nitrogen and oxygen atoms in total. The summed E-state index contributed by atoms with van der Waals surface area (Å²) in [6, 6.07) is 15.3. The van der Waals surface area contributed by atoms with Gasteiger partial charge >= 0.3 is 11.9 Å². The minimum Gasteiger partial charge on any atom is -0.480 e. The number of carbonyl (C=O) groups excluding carboxylic acids is 2. The average molecular weight is 596 g/mol. The van der Waals surface area contributed by atoms with Crippen molar-refractivity contribution in [3.8, 4) is 0 Å². The Labute approximate surface area is 250 Å². The predicted molar refractivity (Wildman–Crippen MR) is 164 cm³/mol. The Balaban J connectivity index is 1.16. The van der Waals surface area contributed by atoms with Crippen molar-refractivity contribution in [1.29, 1.82) is 0 Å². The normalized spacial score (nSPS) is 11.7. The van der Waals surface area contributed by atoms with E-state index in [1.807, 2.05) is 0 Å². The molecule has 0 bridgehead atoms. The van der Waals surface area contributed by atoms with Crippen molar-refractivity contribution in [2.24, 2.45) is 0 Å². The zero-order valence-corrected chi connectivity index (χ0v) is 23.3. The van der Waals surface area contributed by atoms with Crippen LogP contribution in [0.25, 0.3) is 21.8 Å². The first-order valence-corrected chi connectivity index (χ1v) is 13.7. The van der Waals surface area contributed by atoms with E-state index in [0.29, 0.717) is 40.5 Å². The molecule has 224 valence electrons.